The molecule has 0 bridgehead atoms. The van der Waals surface area contributed by atoms with E-state index >= 15 is 0 Å². The van der Waals surface area contributed by atoms with E-state index in [-0.39, 0.29) is 5.91 Å². The Labute approximate surface area is 113 Å². The van der Waals surface area contributed by atoms with Crippen molar-refractivity contribution in [3.8, 4) is 0 Å². The van der Waals surface area contributed by atoms with E-state index in [0.717, 1.165) is 13.1 Å². The first-order chi connectivity index (χ1) is 8.49. The molecular weight excluding hydrogens is 250 g/mol. The molecule has 0 spiro atoms. The van der Waals surface area contributed by atoms with E-state index in [4.69, 9.17) is 11.6 Å². The van der Waals surface area contributed by atoms with Gasteiger partial charge in [-0.3, -0.25) is 9.69 Å². The summed E-state index contributed by atoms with van der Waals surface area (Å²) in [4.78, 5) is 20.5. The number of pyridine rings is 1. The van der Waals surface area contributed by atoms with Crippen LogP contribution in [0.4, 0.5) is 0 Å². The van der Waals surface area contributed by atoms with Crippen LogP contribution in [0.3, 0.4) is 0 Å². The minimum atomic E-state index is 0.0333. The standard InChI is InChI=1S/C13H18ClN3O/c1-9-7-17(8-10(2)16(9)3)13(18)11-4-5-12(14)15-6-11/h4-6,9-10H,7-8H2,1-3H3. The Bertz CT molecular complexity index is 422. The van der Waals surface area contributed by atoms with Gasteiger partial charge in [0, 0.05) is 31.4 Å². The molecule has 1 aliphatic heterocycles. The van der Waals surface area contributed by atoms with Gasteiger partial charge in [0.15, 0.2) is 0 Å². The summed E-state index contributed by atoms with van der Waals surface area (Å²) >= 11 is 5.72. The first kappa shape index (κ1) is 13.3. The van der Waals surface area contributed by atoms with Gasteiger partial charge in [-0.25, -0.2) is 4.98 Å². The first-order valence-electron chi connectivity index (χ1n) is 6.12. The minimum absolute atomic E-state index is 0.0333. The van der Waals surface area contributed by atoms with Gasteiger partial charge in [-0.2, -0.15) is 0 Å². The molecule has 2 unspecified atom stereocenters. The monoisotopic (exact) mass is 267 g/mol. The lowest BCUT2D eigenvalue weighted by Crippen LogP contribution is -2.56. The highest BCUT2D eigenvalue weighted by atomic mass is 35.5. The van der Waals surface area contributed by atoms with Gasteiger partial charge in [0.1, 0.15) is 5.15 Å². The third-order valence-electron chi connectivity index (χ3n) is 3.62. The van der Waals surface area contributed by atoms with Crippen molar-refractivity contribution in [2.45, 2.75) is 25.9 Å². The van der Waals surface area contributed by atoms with Crippen LogP contribution in [0.1, 0.15) is 24.2 Å². The molecule has 5 heteroatoms. The average Bonchev–Trinajstić information content (AvgIpc) is 2.35. The van der Waals surface area contributed by atoms with Crippen LogP contribution in [0.25, 0.3) is 0 Å². The predicted octanol–water partition coefficient (Wildman–Crippen LogP) is 1.90. The number of piperazine rings is 1. The molecule has 1 aliphatic rings. The number of hydrogen-bond acceptors (Lipinski definition) is 3. The number of hydrogen-bond donors (Lipinski definition) is 0. The van der Waals surface area contributed by atoms with E-state index in [1.54, 1.807) is 18.3 Å². The van der Waals surface area contributed by atoms with Gasteiger partial charge < -0.3 is 4.90 Å². The average molecular weight is 268 g/mol. The van der Waals surface area contributed by atoms with Gasteiger partial charge in [-0.15, -0.1) is 0 Å². The van der Waals surface area contributed by atoms with Crippen LogP contribution >= 0.6 is 11.6 Å². The van der Waals surface area contributed by atoms with Crippen molar-refractivity contribution in [1.29, 1.82) is 0 Å². The van der Waals surface area contributed by atoms with Gasteiger partial charge in [0.2, 0.25) is 0 Å². The van der Waals surface area contributed by atoms with Crippen LogP contribution in [0.15, 0.2) is 18.3 Å². The summed E-state index contributed by atoms with van der Waals surface area (Å²) in [5.41, 5.74) is 0.600. The summed E-state index contributed by atoms with van der Waals surface area (Å²) in [7, 11) is 2.10. The van der Waals surface area contributed by atoms with E-state index in [2.05, 4.69) is 30.8 Å². The number of amides is 1. The van der Waals surface area contributed by atoms with E-state index in [1.807, 2.05) is 4.90 Å². The number of aromatic nitrogens is 1. The lowest BCUT2D eigenvalue weighted by molar-refractivity contribution is 0.0414. The third-order valence-corrected chi connectivity index (χ3v) is 3.84. The van der Waals surface area contributed by atoms with Crippen molar-refractivity contribution >= 4 is 17.5 Å². The second-order valence-electron chi connectivity index (χ2n) is 4.94. The zero-order chi connectivity index (χ0) is 13.3. The topological polar surface area (TPSA) is 36.4 Å². The number of carbonyl (C=O) groups excluding carboxylic acids is 1. The number of rotatable bonds is 1. The van der Waals surface area contributed by atoms with Gasteiger partial charge in [-0.1, -0.05) is 11.6 Å². The Morgan fingerprint density at radius 1 is 1.33 bits per heavy atom. The Hall–Kier alpha value is -1.13. The van der Waals surface area contributed by atoms with Crippen molar-refractivity contribution < 1.29 is 4.79 Å². The summed E-state index contributed by atoms with van der Waals surface area (Å²) in [5.74, 6) is 0.0333. The van der Waals surface area contributed by atoms with Crippen LogP contribution in [-0.2, 0) is 0 Å². The van der Waals surface area contributed by atoms with Gasteiger partial charge >= 0.3 is 0 Å². The van der Waals surface area contributed by atoms with Gasteiger partial charge in [0.05, 0.1) is 5.56 Å². The van der Waals surface area contributed by atoms with E-state index < -0.39 is 0 Å². The highest BCUT2D eigenvalue weighted by molar-refractivity contribution is 6.29. The van der Waals surface area contributed by atoms with E-state index in [0.29, 0.717) is 22.8 Å². The molecule has 2 heterocycles. The highest BCUT2D eigenvalue weighted by Crippen LogP contribution is 2.16. The molecule has 1 saturated heterocycles. The second-order valence-corrected chi connectivity index (χ2v) is 5.33. The zero-order valence-corrected chi connectivity index (χ0v) is 11.7. The lowest BCUT2D eigenvalue weighted by atomic mass is 10.1. The molecule has 1 aromatic heterocycles. The van der Waals surface area contributed by atoms with E-state index in [9.17, 15) is 4.79 Å². The van der Waals surface area contributed by atoms with Crippen LogP contribution < -0.4 is 0 Å². The molecule has 2 rings (SSSR count). The molecule has 0 radical (unpaired) electrons. The fourth-order valence-electron chi connectivity index (χ4n) is 2.26. The molecule has 1 amide bonds. The van der Waals surface area contributed by atoms with Gasteiger partial charge in [-0.05, 0) is 33.0 Å². The summed E-state index contributed by atoms with van der Waals surface area (Å²) in [6, 6.07) is 4.12. The summed E-state index contributed by atoms with van der Waals surface area (Å²) in [5, 5.41) is 0.409. The molecule has 0 N–H and O–H groups in total. The fourth-order valence-corrected chi connectivity index (χ4v) is 2.37. The molecule has 4 nitrogen and oxygen atoms in total. The van der Waals surface area contributed by atoms with Crippen LogP contribution in [0.5, 0.6) is 0 Å². The lowest BCUT2D eigenvalue weighted by Gasteiger charge is -2.42. The van der Waals surface area contributed by atoms with Crippen LogP contribution in [0.2, 0.25) is 5.15 Å². The maximum absolute atomic E-state index is 12.3. The molecule has 0 aliphatic carbocycles. The van der Waals surface area contributed by atoms with E-state index in [1.165, 1.54) is 0 Å². The number of nitrogens with zero attached hydrogens (tertiary/aromatic N) is 3. The van der Waals surface area contributed by atoms with Crippen molar-refractivity contribution in [2.75, 3.05) is 20.1 Å². The van der Waals surface area contributed by atoms with Crippen LogP contribution in [-0.4, -0.2) is 52.9 Å². The summed E-state index contributed by atoms with van der Waals surface area (Å²) in [6.07, 6.45) is 1.54. The first-order valence-corrected chi connectivity index (χ1v) is 6.49. The predicted molar refractivity (Wildman–Crippen MR) is 71.8 cm³/mol. The quantitative estimate of drug-likeness (QED) is 0.729. The van der Waals surface area contributed by atoms with Crippen molar-refractivity contribution in [3.05, 3.63) is 29.0 Å². The zero-order valence-electron chi connectivity index (χ0n) is 10.9. The van der Waals surface area contributed by atoms with Crippen LogP contribution in [0, 0.1) is 0 Å². The van der Waals surface area contributed by atoms with Gasteiger partial charge in [0.25, 0.3) is 5.91 Å². The second kappa shape index (κ2) is 5.24. The molecular formula is C13H18ClN3O. The number of carbonyl (C=O) groups is 1. The largest absolute Gasteiger partial charge is 0.335 e. The van der Waals surface area contributed by atoms with Crippen molar-refractivity contribution in [1.82, 2.24) is 14.8 Å². The van der Waals surface area contributed by atoms with Crippen molar-refractivity contribution in [3.63, 3.8) is 0 Å². The summed E-state index contributed by atoms with van der Waals surface area (Å²) in [6.45, 7) is 5.77. The SMILES string of the molecule is CC1CN(C(=O)c2ccc(Cl)nc2)CC(C)N1C. The normalized spacial score (nSPS) is 25.2. The highest BCUT2D eigenvalue weighted by Gasteiger charge is 2.29. The summed E-state index contributed by atoms with van der Waals surface area (Å²) < 4.78 is 0. The molecule has 98 valence electrons. The number of likely N-dealkylation sites (N-methyl/N-ethyl adjacent to an activating group) is 1. The Morgan fingerprint density at radius 2 is 1.94 bits per heavy atom. The molecule has 2 atom stereocenters. The Morgan fingerprint density at radius 3 is 2.44 bits per heavy atom. The smallest absolute Gasteiger partial charge is 0.255 e. The maximum atomic E-state index is 12.3. The molecule has 18 heavy (non-hydrogen) atoms. The molecule has 1 aromatic rings. The maximum Gasteiger partial charge on any atom is 0.255 e. The molecule has 0 saturated carbocycles. The van der Waals surface area contributed by atoms with Crippen molar-refractivity contribution in [2.24, 2.45) is 0 Å². The molecule has 1 fully saturated rings. The fraction of sp³-hybridized carbons (Fsp3) is 0.538. The minimum Gasteiger partial charge on any atom is -0.335 e. The third kappa shape index (κ3) is 2.65. The molecule has 0 aromatic carbocycles. The number of halogens is 1. The Kier molecular flexibility index (Phi) is 3.88. The Balaban J connectivity index is 2.12.